The molecule has 1 N–H and O–H groups in total. The molecule has 1 saturated carbocycles. The van der Waals surface area contributed by atoms with Crippen LogP contribution in [0.5, 0.6) is 0 Å². The number of hydrogen-bond donors (Lipinski definition) is 1. The molecule has 0 aliphatic heterocycles. The zero-order chi connectivity index (χ0) is 23.2. The van der Waals surface area contributed by atoms with Gasteiger partial charge in [-0.3, -0.25) is 14.5 Å². The molecule has 33 heavy (non-hydrogen) atoms. The van der Waals surface area contributed by atoms with Gasteiger partial charge in [0.2, 0.25) is 11.8 Å². The Balaban J connectivity index is 1.74. The Morgan fingerprint density at radius 1 is 1.00 bits per heavy atom. The minimum atomic E-state index is -0.721. The Hall–Kier alpha value is -2.92. The molecule has 2 amide bonds. The molecule has 1 aromatic heterocycles. The van der Waals surface area contributed by atoms with Crippen LogP contribution in [0.4, 0.5) is 5.69 Å². The number of aryl methyl sites for hydroxylation is 2. The first-order chi connectivity index (χ1) is 16.0. The van der Waals surface area contributed by atoms with Gasteiger partial charge in [-0.25, -0.2) is 0 Å². The maximum atomic E-state index is 13.8. The smallest absolute Gasteiger partial charge is 0.248 e. The average molecular weight is 461 g/mol. The van der Waals surface area contributed by atoms with Crippen molar-refractivity contribution in [2.75, 3.05) is 4.90 Å². The number of carbonyl (C=O) groups is 2. The number of thiophene rings is 1. The fraction of sp³-hybridized carbons (Fsp3) is 0.357. The third kappa shape index (κ3) is 5.72. The Kier molecular flexibility index (Phi) is 7.61. The van der Waals surface area contributed by atoms with Crippen LogP contribution in [-0.4, -0.2) is 17.9 Å². The van der Waals surface area contributed by atoms with Crippen molar-refractivity contribution in [1.82, 2.24) is 5.32 Å². The van der Waals surface area contributed by atoms with E-state index in [-0.39, 0.29) is 24.3 Å². The number of anilines is 1. The summed E-state index contributed by atoms with van der Waals surface area (Å²) in [6, 6.07) is 17.1. The molecule has 1 aliphatic carbocycles. The zero-order valence-corrected chi connectivity index (χ0v) is 20.2. The van der Waals surface area contributed by atoms with Crippen LogP contribution in [0.25, 0.3) is 0 Å². The van der Waals surface area contributed by atoms with Crippen molar-refractivity contribution in [2.45, 2.75) is 64.5 Å². The molecule has 4 rings (SSSR count). The van der Waals surface area contributed by atoms with Crippen LogP contribution in [0, 0.1) is 13.8 Å². The molecule has 1 unspecified atom stereocenters. The number of benzene rings is 2. The molecule has 0 spiro atoms. The lowest BCUT2D eigenvalue weighted by molar-refractivity contribution is -0.127. The first-order valence-corrected chi connectivity index (χ1v) is 12.7. The summed E-state index contributed by atoms with van der Waals surface area (Å²) in [6.45, 7) is 4.10. The highest BCUT2D eigenvalue weighted by Gasteiger charge is 2.34. The number of hydrogen-bond acceptors (Lipinski definition) is 3. The van der Waals surface area contributed by atoms with E-state index < -0.39 is 6.04 Å². The Labute approximate surface area is 200 Å². The maximum Gasteiger partial charge on any atom is 0.248 e. The van der Waals surface area contributed by atoms with E-state index in [0.29, 0.717) is 0 Å². The van der Waals surface area contributed by atoms with Crippen LogP contribution < -0.4 is 10.2 Å². The van der Waals surface area contributed by atoms with E-state index in [4.69, 9.17) is 0 Å². The van der Waals surface area contributed by atoms with Crippen molar-refractivity contribution < 1.29 is 9.59 Å². The Bertz CT molecular complexity index is 1070. The standard InChI is InChI=1S/C28H32N2O2S/c1-20-13-14-25(17-21(20)2)30(26(31)18-22-15-16-33-19-22)27(23-9-5-3-6-10-23)28(32)29-24-11-7-4-8-12-24/h3,5-6,9-10,13-17,19,24,27H,4,7-8,11-12,18H2,1-2H3,(H,29,32). The van der Waals surface area contributed by atoms with Crippen molar-refractivity contribution in [3.05, 3.63) is 87.6 Å². The van der Waals surface area contributed by atoms with Gasteiger partial charge in [0, 0.05) is 11.7 Å². The molecule has 1 atom stereocenters. The first-order valence-electron chi connectivity index (χ1n) is 11.8. The summed E-state index contributed by atoms with van der Waals surface area (Å²) in [5.41, 5.74) is 4.80. The average Bonchev–Trinajstić information content (AvgIpc) is 3.33. The number of carbonyl (C=O) groups excluding carboxylic acids is 2. The number of amides is 2. The van der Waals surface area contributed by atoms with E-state index in [1.807, 2.05) is 72.3 Å². The third-order valence-electron chi connectivity index (χ3n) is 6.55. The normalized spacial score (nSPS) is 15.1. The molecule has 3 aromatic rings. The SMILES string of the molecule is Cc1ccc(N(C(=O)Cc2ccsc2)C(C(=O)NC2CCCCC2)c2ccccc2)cc1C. The summed E-state index contributed by atoms with van der Waals surface area (Å²) in [7, 11) is 0. The monoisotopic (exact) mass is 460 g/mol. The van der Waals surface area contributed by atoms with Crippen LogP contribution in [0.15, 0.2) is 65.4 Å². The third-order valence-corrected chi connectivity index (χ3v) is 7.28. The summed E-state index contributed by atoms with van der Waals surface area (Å²) in [5.74, 6) is -0.186. The molecule has 0 bridgehead atoms. The van der Waals surface area contributed by atoms with E-state index in [1.54, 1.807) is 16.2 Å². The molecule has 0 saturated heterocycles. The van der Waals surface area contributed by atoms with E-state index in [0.717, 1.165) is 53.6 Å². The fourth-order valence-corrected chi connectivity index (χ4v) is 5.21. The first kappa shape index (κ1) is 23.2. The fourth-order valence-electron chi connectivity index (χ4n) is 4.55. The lowest BCUT2D eigenvalue weighted by atomic mass is 9.94. The second kappa shape index (κ2) is 10.8. The highest BCUT2D eigenvalue weighted by molar-refractivity contribution is 7.08. The van der Waals surface area contributed by atoms with Crippen molar-refractivity contribution in [1.29, 1.82) is 0 Å². The largest absolute Gasteiger partial charge is 0.351 e. The predicted molar refractivity (Wildman–Crippen MR) is 136 cm³/mol. The molecule has 1 aliphatic rings. The Morgan fingerprint density at radius 2 is 1.76 bits per heavy atom. The predicted octanol–water partition coefficient (Wildman–Crippen LogP) is 6.13. The quantitative estimate of drug-likeness (QED) is 0.461. The number of nitrogens with zero attached hydrogens (tertiary/aromatic N) is 1. The molecule has 5 heteroatoms. The molecular weight excluding hydrogens is 428 g/mol. The lowest BCUT2D eigenvalue weighted by Crippen LogP contribution is -2.47. The highest BCUT2D eigenvalue weighted by atomic mass is 32.1. The molecular formula is C28H32N2O2S. The molecule has 1 heterocycles. The molecule has 1 fully saturated rings. The van der Waals surface area contributed by atoms with Crippen LogP contribution >= 0.6 is 11.3 Å². The molecule has 2 aromatic carbocycles. The zero-order valence-electron chi connectivity index (χ0n) is 19.4. The lowest BCUT2D eigenvalue weighted by Gasteiger charge is -2.34. The van der Waals surface area contributed by atoms with Gasteiger partial charge in [-0.1, -0.05) is 55.7 Å². The van der Waals surface area contributed by atoms with Crippen molar-refractivity contribution in [2.24, 2.45) is 0 Å². The minimum absolute atomic E-state index is 0.0794. The van der Waals surface area contributed by atoms with Gasteiger partial charge in [0.05, 0.1) is 6.42 Å². The van der Waals surface area contributed by atoms with Gasteiger partial charge >= 0.3 is 0 Å². The minimum Gasteiger partial charge on any atom is -0.351 e. The highest BCUT2D eigenvalue weighted by Crippen LogP contribution is 2.31. The van der Waals surface area contributed by atoms with Gasteiger partial charge < -0.3 is 5.32 Å². The van der Waals surface area contributed by atoms with E-state index in [2.05, 4.69) is 12.2 Å². The van der Waals surface area contributed by atoms with Gasteiger partial charge in [-0.2, -0.15) is 11.3 Å². The second-order valence-electron chi connectivity index (χ2n) is 9.00. The molecule has 0 radical (unpaired) electrons. The number of rotatable bonds is 7. The topological polar surface area (TPSA) is 49.4 Å². The van der Waals surface area contributed by atoms with Crippen molar-refractivity contribution in [3.63, 3.8) is 0 Å². The van der Waals surface area contributed by atoms with E-state index in [1.165, 1.54) is 6.42 Å². The van der Waals surface area contributed by atoms with Crippen molar-refractivity contribution >= 4 is 28.8 Å². The summed E-state index contributed by atoms with van der Waals surface area (Å²) < 4.78 is 0. The number of nitrogens with one attached hydrogen (secondary N) is 1. The summed E-state index contributed by atoms with van der Waals surface area (Å²) >= 11 is 1.58. The summed E-state index contributed by atoms with van der Waals surface area (Å²) in [6.07, 6.45) is 5.76. The van der Waals surface area contributed by atoms with Crippen LogP contribution in [0.1, 0.15) is 60.4 Å². The molecule has 172 valence electrons. The van der Waals surface area contributed by atoms with Gasteiger partial charge in [-0.05, 0) is 77.9 Å². The van der Waals surface area contributed by atoms with Crippen LogP contribution in [0.2, 0.25) is 0 Å². The summed E-state index contributed by atoms with van der Waals surface area (Å²) in [4.78, 5) is 29.3. The summed E-state index contributed by atoms with van der Waals surface area (Å²) in [5, 5.41) is 7.25. The van der Waals surface area contributed by atoms with Gasteiger partial charge in [0.25, 0.3) is 0 Å². The molecule has 4 nitrogen and oxygen atoms in total. The van der Waals surface area contributed by atoms with Gasteiger partial charge in [0.1, 0.15) is 6.04 Å². The van der Waals surface area contributed by atoms with E-state index >= 15 is 0 Å². The van der Waals surface area contributed by atoms with Crippen molar-refractivity contribution in [3.8, 4) is 0 Å². The van der Waals surface area contributed by atoms with Crippen LogP contribution in [0.3, 0.4) is 0 Å². The van der Waals surface area contributed by atoms with Crippen LogP contribution in [-0.2, 0) is 16.0 Å². The van der Waals surface area contributed by atoms with Gasteiger partial charge in [-0.15, -0.1) is 0 Å². The maximum absolute atomic E-state index is 13.8. The van der Waals surface area contributed by atoms with Gasteiger partial charge in [0.15, 0.2) is 0 Å². The second-order valence-corrected chi connectivity index (χ2v) is 9.78. The van der Waals surface area contributed by atoms with E-state index in [9.17, 15) is 9.59 Å². The Morgan fingerprint density at radius 3 is 2.42 bits per heavy atom.